The molecule has 7 nitrogen and oxygen atoms in total. The highest BCUT2D eigenvalue weighted by Crippen LogP contribution is 2.34. The fraction of sp³-hybridized carbons (Fsp3) is 0.471. The van der Waals surface area contributed by atoms with Crippen molar-refractivity contribution in [2.45, 2.75) is 72.0 Å². The van der Waals surface area contributed by atoms with Crippen molar-refractivity contribution in [2.75, 3.05) is 26.7 Å². The first-order valence-electron chi connectivity index (χ1n) is 14.9. The van der Waals surface area contributed by atoms with Gasteiger partial charge in [-0.3, -0.25) is 10.2 Å². The molecule has 43 heavy (non-hydrogen) atoms. The molecule has 4 rings (SSSR count). The van der Waals surface area contributed by atoms with E-state index in [0.717, 1.165) is 46.0 Å². The monoisotopic (exact) mass is 596 g/mol. The van der Waals surface area contributed by atoms with Gasteiger partial charge in [-0.2, -0.15) is 8.78 Å². The van der Waals surface area contributed by atoms with Crippen LogP contribution in [0.2, 0.25) is 0 Å². The Morgan fingerprint density at radius 2 is 2.02 bits per heavy atom. The number of methoxy groups -OCH3 is 1. The maximum atomic E-state index is 12.7. The molecule has 9 heteroatoms. The fourth-order valence-electron chi connectivity index (χ4n) is 6.20. The first kappa shape index (κ1) is 32.5. The van der Waals surface area contributed by atoms with Crippen LogP contribution in [0.25, 0.3) is 11.3 Å². The number of nitrogens with zero attached hydrogens (tertiary/aromatic N) is 2. The van der Waals surface area contributed by atoms with Gasteiger partial charge >= 0.3 is 6.61 Å². The van der Waals surface area contributed by atoms with Gasteiger partial charge in [0, 0.05) is 59.4 Å². The summed E-state index contributed by atoms with van der Waals surface area (Å²) < 4.78 is 35.6. The van der Waals surface area contributed by atoms with E-state index in [1.54, 1.807) is 26.2 Å². The molecule has 1 saturated heterocycles. The van der Waals surface area contributed by atoms with Crippen molar-refractivity contribution in [2.24, 2.45) is 5.92 Å². The average molecular weight is 597 g/mol. The number of allylic oxidation sites excluding steroid dienone is 5. The first-order chi connectivity index (χ1) is 20.2. The molecule has 1 aliphatic carbocycles. The second-order valence-corrected chi connectivity index (χ2v) is 12.2. The SMILES string of the molecule is C=C(c1cc(C2=CC(OC)=C[C@H](CC)C=C2)[nH]c1C)N1CCN([C@](C)(O)NC(C)c2cccc(OC(F)F)c2)C(C)(C)C1. The lowest BCUT2D eigenvalue weighted by Gasteiger charge is -2.54. The summed E-state index contributed by atoms with van der Waals surface area (Å²) >= 11 is 0. The summed E-state index contributed by atoms with van der Waals surface area (Å²) in [6, 6.07) is 8.37. The Kier molecular flexibility index (Phi) is 9.89. The van der Waals surface area contributed by atoms with E-state index < -0.39 is 18.0 Å². The van der Waals surface area contributed by atoms with Gasteiger partial charge in [0.15, 0.2) is 5.85 Å². The molecule has 2 heterocycles. The van der Waals surface area contributed by atoms with Gasteiger partial charge in [0.25, 0.3) is 0 Å². The summed E-state index contributed by atoms with van der Waals surface area (Å²) in [6.45, 7) is 15.5. The second kappa shape index (κ2) is 13.1. The number of piperazine rings is 1. The summed E-state index contributed by atoms with van der Waals surface area (Å²) in [4.78, 5) is 7.85. The predicted molar refractivity (Wildman–Crippen MR) is 168 cm³/mol. The molecular formula is C34H46F2N4O3. The van der Waals surface area contributed by atoms with Crippen LogP contribution in [0.15, 0.2) is 67.0 Å². The smallest absolute Gasteiger partial charge is 0.387 e. The molecule has 1 aromatic heterocycles. The quantitative estimate of drug-likeness (QED) is 0.247. The minimum Gasteiger partial charge on any atom is -0.497 e. The Bertz CT molecular complexity index is 1390. The minimum absolute atomic E-state index is 0.0866. The van der Waals surface area contributed by atoms with Gasteiger partial charge in [-0.1, -0.05) is 37.8 Å². The third-order valence-electron chi connectivity index (χ3n) is 8.43. The number of ether oxygens (including phenoxy) is 2. The number of nitrogens with one attached hydrogen (secondary N) is 2. The third-order valence-corrected chi connectivity index (χ3v) is 8.43. The summed E-state index contributed by atoms with van der Waals surface area (Å²) in [7, 11) is 1.70. The summed E-state index contributed by atoms with van der Waals surface area (Å²) in [5.41, 5.74) is 5.39. The lowest BCUT2D eigenvalue weighted by Crippen LogP contribution is -2.70. The molecule has 0 saturated carbocycles. The third kappa shape index (κ3) is 7.58. The Hall–Kier alpha value is -3.40. The number of aromatic amines is 1. The highest BCUT2D eigenvalue weighted by atomic mass is 19.3. The standard InChI is InChI=1S/C34H46F2N4O3/c1-9-25-13-14-27(19-29(17-25)42-8)31-20-30(23(3)37-31)24(4)39-15-16-40(33(5,6)21-39)34(7,41)38-22(2)26-11-10-12-28(18-26)43-32(35)36/h10-14,17-20,22,25,32,37-38,41H,4,9,15-16,21H2,1-3,5-8H3/t22?,25-,34-/m1/s1. The van der Waals surface area contributed by atoms with E-state index in [-0.39, 0.29) is 11.8 Å². The molecule has 1 unspecified atom stereocenters. The van der Waals surface area contributed by atoms with Gasteiger partial charge in [-0.05, 0) is 82.9 Å². The largest absolute Gasteiger partial charge is 0.497 e. The topological polar surface area (TPSA) is 73.0 Å². The molecule has 2 aliphatic rings. The zero-order valence-electron chi connectivity index (χ0n) is 26.4. The average Bonchev–Trinajstić information content (AvgIpc) is 3.19. The van der Waals surface area contributed by atoms with Crippen molar-refractivity contribution >= 4 is 11.3 Å². The number of aliphatic hydroxyl groups is 1. The molecule has 1 fully saturated rings. The van der Waals surface area contributed by atoms with Crippen molar-refractivity contribution in [3.63, 3.8) is 0 Å². The van der Waals surface area contributed by atoms with E-state index >= 15 is 0 Å². The van der Waals surface area contributed by atoms with Gasteiger partial charge in [-0.25, -0.2) is 0 Å². The van der Waals surface area contributed by atoms with Gasteiger partial charge in [-0.15, -0.1) is 0 Å². The Morgan fingerprint density at radius 3 is 2.67 bits per heavy atom. The summed E-state index contributed by atoms with van der Waals surface area (Å²) in [5, 5.41) is 14.9. The molecule has 2 aromatic rings. The second-order valence-electron chi connectivity index (χ2n) is 12.2. The number of hydrogen-bond acceptors (Lipinski definition) is 6. The molecule has 1 aliphatic heterocycles. The van der Waals surface area contributed by atoms with Crippen LogP contribution in [0.5, 0.6) is 5.75 Å². The van der Waals surface area contributed by atoms with E-state index in [4.69, 9.17) is 4.74 Å². The van der Waals surface area contributed by atoms with Crippen molar-refractivity contribution in [1.82, 2.24) is 20.1 Å². The normalized spacial score (nSPS) is 21.1. The molecule has 0 amide bonds. The maximum absolute atomic E-state index is 12.7. The molecule has 1 aromatic carbocycles. The molecule has 0 spiro atoms. The van der Waals surface area contributed by atoms with Crippen LogP contribution in [0, 0.1) is 12.8 Å². The molecule has 0 bridgehead atoms. The molecular weight excluding hydrogens is 550 g/mol. The molecule has 3 atom stereocenters. The lowest BCUT2D eigenvalue weighted by atomic mass is 9.95. The summed E-state index contributed by atoms with van der Waals surface area (Å²) in [5.74, 6) is -0.105. The van der Waals surface area contributed by atoms with Gasteiger partial charge in [0.2, 0.25) is 0 Å². The highest BCUT2D eigenvalue weighted by Gasteiger charge is 2.44. The van der Waals surface area contributed by atoms with Gasteiger partial charge in [0.05, 0.1) is 7.11 Å². The Labute approximate surface area is 254 Å². The van der Waals surface area contributed by atoms with Crippen LogP contribution < -0.4 is 10.1 Å². The fourth-order valence-corrected chi connectivity index (χ4v) is 6.20. The maximum Gasteiger partial charge on any atom is 0.387 e. The van der Waals surface area contributed by atoms with Crippen LogP contribution in [0.3, 0.4) is 0 Å². The Morgan fingerprint density at radius 1 is 1.28 bits per heavy atom. The number of aromatic nitrogens is 1. The zero-order valence-corrected chi connectivity index (χ0v) is 26.4. The van der Waals surface area contributed by atoms with E-state index in [2.05, 4.69) is 84.6 Å². The van der Waals surface area contributed by atoms with E-state index in [9.17, 15) is 13.9 Å². The Balaban J connectivity index is 1.47. The summed E-state index contributed by atoms with van der Waals surface area (Å²) in [6.07, 6.45) is 9.56. The predicted octanol–water partition coefficient (Wildman–Crippen LogP) is 6.82. The number of H-pyrrole nitrogens is 1. The molecule has 3 N–H and O–H groups in total. The van der Waals surface area contributed by atoms with Crippen molar-refractivity contribution in [3.8, 4) is 5.75 Å². The zero-order chi connectivity index (χ0) is 31.5. The first-order valence-corrected chi connectivity index (χ1v) is 14.9. The van der Waals surface area contributed by atoms with E-state index in [0.29, 0.717) is 25.6 Å². The number of aryl methyl sites for hydroxylation is 1. The van der Waals surface area contributed by atoms with Crippen LogP contribution in [0.1, 0.15) is 69.6 Å². The number of rotatable bonds is 11. The van der Waals surface area contributed by atoms with Crippen molar-refractivity contribution < 1.29 is 23.4 Å². The number of alkyl halides is 2. The molecule has 234 valence electrons. The van der Waals surface area contributed by atoms with Crippen molar-refractivity contribution in [1.29, 1.82) is 0 Å². The van der Waals surface area contributed by atoms with E-state index in [1.165, 1.54) is 6.07 Å². The van der Waals surface area contributed by atoms with Gasteiger partial charge in [0.1, 0.15) is 11.5 Å². The lowest BCUT2D eigenvalue weighted by molar-refractivity contribution is -0.181. The van der Waals surface area contributed by atoms with Crippen LogP contribution in [0.4, 0.5) is 8.78 Å². The molecule has 0 radical (unpaired) electrons. The van der Waals surface area contributed by atoms with Gasteiger partial charge < -0.3 is 24.5 Å². The van der Waals surface area contributed by atoms with Crippen LogP contribution in [-0.4, -0.2) is 64.6 Å². The van der Waals surface area contributed by atoms with Crippen LogP contribution in [-0.2, 0) is 4.74 Å². The van der Waals surface area contributed by atoms with E-state index in [1.807, 2.05) is 17.9 Å². The highest BCUT2D eigenvalue weighted by molar-refractivity contribution is 5.78. The minimum atomic E-state index is -2.89. The van der Waals surface area contributed by atoms with Crippen molar-refractivity contribution in [3.05, 3.63) is 89.5 Å². The number of halogens is 2. The number of hydrogen-bond donors (Lipinski definition) is 3. The van der Waals surface area contributed by atoms with Crippen LogP contribution >= 0.6 is 0 Å². The number of benzene rings is 1.